The van der Waals surface area contributed by atoms with Crippen molar-refractivity contribution in [2.75, 3.05) is 0 Å². The van der Waals surface area contributed by atoms with Gasteiger partial charge in [-0.05, 0) is 12.5 Å². The molecule has 0 bridgehead atoms. The first-order valence-electron chi connectivity index (χ1n) is 4.66. The number of ketones is 1. The zero-order chi connectivity index (χ0) is 12.5. The van der Waals surface area contributed by atoms with E-state index in [2.05, 4.69) is 10.0 Å². The number of hydrogen-bond donors (Lipinski definition) is 3. The summed E-state index contributed by atoms with van der Waals surface area (Å²) < 4.78 is 4.91. The number of ether oxygens (including phenoxy) is 1. The highest BCUT2D eigenvalue weighted by Gasteiger charge is 2.54. The standard InChI is InChI=1S/C8H13N3O5/c1-3-5(10-11-9)6(13)7(14)8(15,16-3)4(2)12/h3,5-7,13-15H,1-2H3/t3-,5-,6+,7+,8+/m1/s1. The number of aliphatic hydroxyl groups excluding tert-OH is 2. The number of azide groups is 1. The van der Waals surface area contributed by atoms with Crippen LogP contribution in [-0.4, -0.2) is 51.2 Å². The number of carbonyl (C=O) groups excluding carboxylic acids is 1. The van der Waals surface area contributed by atoms with E-state index in [4.69, 9.17) is 10.3 Å². The normalized spacial score (nSPS) is 43.6. The summed E-state index contributed by atoms with van der Waals surface area (Å²) in [4.78, 5) is 13.6. The first-order valence-corrected chi connectivity index (χ1v) is 4.66. The maximum Gasteiger partial charge on any atom is 0.255 e. The average molecular weight is 231 g/mol. The molecule has 0 radical (unpaired) electrons. The number of Topliss-reactive ketones (excluding diaryl/α,β-unsaturated/α-hetero) is 1. The second-order valence-electron chi connectivity index (χ2n) is 3.71. The summed E-state index contributed by atoms with van der Waals surface area (Å²) in [5, 5.41) is 32.1. The lowest BCUT2D eigenvalue weighted by Crippen LogP contribution is -2.66. The molecule has 0 spiro atoms. The van der Waals surface area contributed by atoms with Crippen LogP contribution in [0.15, 0.2) is 5.11 Å². The highest BCUT2D eigenvalue weighted by atomic mass is 16.7. The minimum absolute atomic E-state index is 0.828. The van der Waals surface area contributed by atoms with Gasteiger partial charge in [-0.15, -0.1) is 0 Å². The third-order valence-corrected chi connectivity index (χ3v) is 2.61. The molecule has 5 atom stereocenters. The summed E-state index contributed by atoms with van der Waals surface area (Å²) in [6.45, 7) is 2.44. The zero-order valence-electron chi connectivity index (χ0n) is 8.81. The number of carbonyl (C=O) groups is 1. The van der Waals surface area contributed by atoms with Crippen molar-refractivity contribution in [1.29, 1.82) is 0 Å². The predicted molar refractivity (Wildman–Crippen MR) is 51.1 cm³/mol. The maximum absolute atomic E-state index is 11.1. The van der Waals surface area contributed by atoms with Crippen LogP contribution in [0, 0.1) is 0 Å². The Morgan fingerprint density at radius 1 is 1.56 bits per heavy atom. The molecule has 0 saturated carbocycles. The Labute approximate surface area is 91.1 Å². The summed E-state index contributed by atoms with van der Waals surface area (Å²) in [6, 6.07) is -1.06. The van der Waals surface area contributed by atoms with Gasteiger partial charge in [-0.1, -0.05) is 5.11 Å². The van der Waals surface area contributed by atoms with Crippen LogP contribution in [0.5, 0.6) is 0 Å². The van der Waals surface area contributed by atoms with E-state index >= 15 is 0 Å². The fraction of sp³-hybridized carbons (Fsp3) is 0.875. The third-order valence-electron chi connectivity index (χ3n) is 2.61. The van der Waals surface area contributed by atoms with Crippen molar-refractivity contribution in [3.8, 4) is 0 Å². The fourth-order valence-corrected chi connectivity index (χ4v) is 1.63. The van der Waals surface area contributed by atoms with E-state index in [1.807, 2.05) is 0 Å². The average Bonchev–Trinajstić information content (AvgIpc) is 2.21. The molecular weight excluding hydrogens is 218 g/mol. The minimum atomic E-state index is -2.46. The van der Waals surface area contributed by atoms with Crippen LogP contribution in [0.25, 0.3) is 10.4 Å². The molecule has 16 heavy (non-hydrogen) atoms. The number of rotatable bonds is 2. The van der Waals surface area contributed by atoms with Crippen molar-refractivity contribution in [3.05, 3.63) is 10.4 Å². The highest BCUT2D eigenvalue weighted by molar-refractivity contribution is 5.84. The summed E-state index contributed by atoms with van der Waals surface area (Å²) >= 11 is 0. The van der Waals surface area contributed by atoms with Crippen LogP contribution in [0.4, 0.5) is 0 Å². The van der Waals surface area contributed by atoms with Crippen LogP contribution in [0.1, 0.15) is 13.8 Å². The topological polar surface area (TPSA) is 136 Å². The number of hydrogen-bond acceptors (Lipinski definition) is 6. The van der Waals surface area contributed by atoms with Crippen molar-refractivity contribution < 1.29 is 24.9 Å². The van der Waals surface area contributed by atoms with Crippen LogP contribution in [0.3, 0.4) is 0 Å². The summed E-state index contributed by atoms with van der Waals surface area (Å²) in [7, 11) is 0. The molecular formula is C8H13N3O5. The van der Waals surface area contributed by atoms with Gasteiger partial charge in [0, 0.05) is 11.8 Å². The van der Waals surface area contributed by atoms with E-state index in [9.17, 15) is 20.1 Å². The van der Waals surface area contributed by atoms with E-state index in [0.717, 1.165) is 6.92 Å². The monoisotopic (exact) mass is 231 g/mol. The Morgan fingerprint density at radius 3 is 2.56 bits per heavy atom. The van der Waals surface area contributed by atoms with Gasteiger partial charge >= 0.3 is 0 Å². The maximum atomic E-state index is 11.1. The molecule has 0 aliphatic carbocycles. The molecule has 3 N–H and O–H groups in total. The zero-order valence-corrected chi connectivity index (χ0v) is 8.81. The van der Waals surface area contributed by atoms with Gasteiger partial charge in [-0.25, -0.2) is 0 Å². The molecule has 0 amide bonds. The van der Waals surface area contributed by atoms with Gasteiger partial charge < -0.3 is 20.1 Å². The summed E-state index contributed by atoms with van der Waals surface area (Å²) in [5.74, 6) is -3.29. The van der Waals surface area contributed by atoms with Gasteiger partial charge in [0.15, 0.2) is 5.78 Å². The Hall–Kier alpha value is -1.18. The molecule has 90 valence electrons. The summed E-state index contributed by atoms with van der Waals surface area (Å²) in [5.41, 5.74) is 8.26. The largest absolute Gasteiger partial charge is 0.390 e. The summed E-state index contributed by atoms with van der Waals surface area (Å²) in [6.07, 6.45) is -4.30. The first kappa shape index (κ1) is 12.9. The Morgan fingerprint density at radius 2 is 2.12 bits per heavy atom. The predicted octanol–water partition coefficient (Wildman–Crippen LogP) is -0.917. The molecule has 0 aromatic rings. The van der Waals surface area contributed by atoms with Crippen molar-refractivity contribution in [3.63, 3.8) is 0 Å². The van der Waals surface area contributed by atoms with E-state index in [-0.39, 0.29) is 0 Å². The third kappa shape index (κ3) is 1.89. The lowest BCUT2D eigenvalue weighted by atomic mass is 9.90. The first-order chi connectivity index (χ1) is 7.34. The molecule has 1 aliphatic heterocycles. The smallest absolute Gasteiger partial charge is 0.255 e. The highest BCUT2D eigenvalue weighted by Crippen LogP contribution is 2.30. The van der Waals surface area contributed by atoms with Crippen molar-refractivity contribution in [2.45, 2.75) is 44.0 Å². The molecule has 1 fully saturated rings. The second-order valence-corrected chi connectivity index (χ2v) is 3.71. The van der Waals surface area contributed by atoms with Crippen molar-refractivity contribution in [2.24, 2.45) is 5.11 Å². The van der Waals surface area contributed by atoms with E-state index in [0.29, 0.717) is 0 Å². The SMILES string of the molecule is CC(=O)[C@]1(O)O[C@H](C)[C@@H](N=[N+]=[N-])[C@H](O)[C@@H]1O. The van der Waals surface area contributed by atoms with Crippen molar-refractivity contribution >= 4 is 5.78 Å². The molecule has 8 heteroatoms. The molecule has 1 saturated heterocycles. The van der Waals surface area contributed by atoms with Crippen molar-refractivity contribution in [1.82, 2.24) is 0 Å². The molecule has 1 heterocycles. The van der Waals surface area contributed by atoms with Gasteiger partial charge in [0.25, 0.3) is 5.79 Å². The lowest BCUT2D eigenvalue weighted by Gasteiger charge is -2.43. The fourth-order valence-electron chi connectivity index (χ4n) is 1.63. The van der Waals surface area contributed by atoms with E-state index in [1.165, 1.54) is 6.92 Å². The molecule has 8 nitrogen and oxygen atoms in total. The van der Waals surface area contributed by atoms with Gasteiger partial charge in [0.05, 0.1) is 18.2 Å². The number of nitrogens with zero attached hydrogens (tertiary/aromatic N) is 3. The molecule has 1 aliphatic rings. The van der Waals surface area contributed by atoms with Gasteiger partial charge in [0.2, 0.25) is 0 Å². The number of aliphatic hydroxyl groups is 3. The molecule has 1 rings (SSSR count). The Balaban J connectivity index is 3.04. The van der Waals surface area contributed by atoms with E-state index in [1.54, 1.807) is 0 Å². The van der Waals surface area contributed by atoms with Crippen LogP contribution >= 0.6 is 0 Å². The van der Waals surface area contributed by atoms with Gasteiger partial charge in [-0.3, -0.25) is 4.79 Å². The van der Waals surface area contributed by atoms with E-state index < -0.39 is 35.9 Å². The van der Waals surface area contributed by atoms with Crippen LogP contribution in [0.2, 0.25) is 0 Å². The Kier molecular flexibility index (Phi) is 3.51. The lowest BCUT2D eigenvalue weighted by molar-refractivity contribution is -0.303. The molecule has 0 aromatic heterocycles. The quantitative estimate of drug-likeness (QED) is 0.321. The second kappa shape index (κ2) is 4.36. The van der Waals surface area contributed by atoms with Gasteiger partial charge in [0.1, 0.15) is 6.10 Å². The minimum Gasteiger partial charge on any atom is -0.390 e. The molecule has 0 aromatic carbocycles. The Bertz CT molecular complexity index is 343. The van der Waals surface area contributed by atoms with Crippen LogP contribution in [-0.2, 0) is 9.53 Å². The van der Waals surface area contributed by atoms with Gasteiger partial charge in [-0.2, -0.15) is 0 Å². The van der Waals surface area contributed by atoms with Crippen LogP contribution < -0.4 is 0 Å². The molecule has 0 unspecified atom stereocenters.